The van der Waals surface area contributed by atoms with Crippen molar-refractivity contribution in [3.8, 4) is 0 Å². The molecule has 2 saturated heterocycles. The van der Waals surface area contributed by atoms with Crippen LogP contribution in [0, 0.1) is 6.92 Å². The molecule has 1 aromatic carbocycles. The van der Waals surface area contributed by atoms with Crippen molar-refractivity contribution in [2.24, 2.45) is 0 Å². The second-order valence-electron chi connectivity index (χ2n) is 7.75. The molecule has 0 saturated carbocycles. The van der Waals surface area contributed by atoms with Crippen molar-refractivity contribution in [3.63, 3.8) is 0 Å². The van der Waals surface area contributed by atoms with E-state index in [9.17, 15) is 0 Å². The molecule has 0 aliphatic carbocycles. The van der Waals surface area contributed by atoms with Crippen molar-refractivity contribution in [1.29, 1.82) is 0 Å². The fraction of sp³-hybridized carbons (Fsp3) is 0.571. The van der Waals surface area contributed by atoms with Crippen molar-refractivity contribution in [2.75, 3.05) is 44.3 Å². The number of ether oxygens (including phenoxy) is 1. The molecule has 0 atom stereocenters. The number of likely N-dealkylation sites (tertiary alicyclic amines) is 1. The average molecular weight is 388 g/mol. The van der Waals surface area contributed by atoms with Crippen LogP contribution in [0.5, 0.6) is 0 Å². The molecule has 4 rings (SSSR count). The molecule has 0 unspecified atom stereocenters. The van der Waals surface area contributed by atoms with Gasteiger partial charge in [-0.05, 0) is 37.3 Å². The van der Waals surface area contributed by atoms with E-state index in [0.29, 0.717) is 0 Å². The van der Waals surface area contributed by atoms with Gasteiger partial charge in [0.05, 0.1) is 17.2 Å². The van der Waals surface area contributed by atoms with Gasteiger partial charge in [0, 0.05) is 44.7 Å². The number of piperidine rings is 1. The summed E-state index contributed by atoms with van der Waals surface area (Å²) in [6, 6.07) is 8.61. The van der Waals surface area contributed by atoms with E-state index in [2.05, 4.69) is 51.4 Å². The molecular formula is C21H29N3O2S. The Morgan fingerprint density at radius 1 is 1.22 bits per heavy atom. The van der Waals surface area contributed by atoms with Gasteiger partial charge in [-0.25, -0.2) is 4.98 Å². The van der Waals surface area contributed by atoms with Crippen LogP contribution in [0.1, 0.15) is 29.0 Å². The van der Waals surface area contributed by atoms with E-state index >= 15 is 0 Å². The minimum absolute atomic E-state index is 0.0228. The van der Waals surface area contributed by atoms with Crippen LogP contribution >= 0.6 is 11.3 Å². The average Bonchev–Trinajstić information content (AvgIpc) is 3.11. The highest BCUT2D eigenvalue weighted by molar-refractivity contribution is 7.09. The Kier molecular flexibility index (Phi) is 5.78. The minimum atomic E-state index is -0.0228. The fourth-order valence-electron chi connectivity index (χ4n) is 4.23. The molecule has 1 aromatic heterocycles. The van der Waals surface area contributed by atoms with E-state index in [1.807, 2.05) is 0 Å². The second kappa shape index (κ2) is 8.27. The van der Waals surface area contributed by atoms with E-state index < -0.39 is 0 Å². The zero-order valence-electron chi connectivity index (χ0n) is 16.1. The molecule has 0 amide bonds. The lowest BCUT2D eigenvalue weighted by Gasteiger charge is -2.47. The summed E-state index contributed by atoms with van der Waals surface area (Å²) in [5.41, 5.74) is 2.53. The highest BCUT2D eigenvalue weighted by Gasteiger charge is 2.40. The minimum Gasteiger partial charge on any atom is -0.396 e. The van der Waals surface area contributed by atoms with E-state index in [-0.39, 0.29) is 12.2 Å². The Labute approximate surface area is 165 Å². The number of hydrogen-bond acceptors (Lipinski definition) is 6. The third kappa shape index (κ3) is 4.51. The summed E-state index contributed by atoms with van der Waals surface area (Å²) in [6.07, 6.45) is 2.88. The number of morpholine rings is 1. The lowest BCUT2D eigenvalue weighted by molar-refractivity contribution is -0.0922. The lowest BCUT2D eigenvalue weighted by Crippen LogP contribution is -2.57. The zero-order chi connectivity index (χ0) is 18.7. The summed E-state index contributed by atoms with van der Waals surface area (Å²) in [4.78, 5) is 9.60. The van der Waals surface area contributed by atoms with Gasteiger partial charge < -0.3 is 14.7 Å². The molecular weight excluding hydrogens is 358 g/mol. The molecule has 3 heterocycles. The third-order valence-corrected chi connectivity index (χ3v) is 6.51. The topological polar surface area (TPSA) is 48.8 Å². The third-order valence-electron chi connectivity index (χ3n) is 5.74. The highest BCUT2D eigenvalue weighted by atomic mass is 32.1. The van der Waals surface area contributed by atoms with Crippen molar-refractivity contribution < 1.29 is 9.84 Å². The largest absolute Gasteiger partial charge is 0.396 e. The molecule has 2 aliphatic heterocycles. The van der Waals surface area contributed by atoms with E-state index in [0.717, 1.165) is 69.4 Å². The molecule has 2 aromatic rings. The first-order valence-electron chi connectivity index (χ1n) is 9.88. The monoisotopic (exact) mass is 387 g/mol. The lowest BCUT2D eigenvalue weighted by atomic mass is 9.89. The molecule has 2 aliphatic rings. The van der Waals surface area contributed by atoms with Crippen LogP contribution < -0.4 is 4.90 Å². The molecule has 0 radical (unpaired) electrons. The smallest absolute Gasteiger partial charge is 0.140 e. The fourth-order valence-corrected chi connectivity index (χ4v) is 4.85. The first kappa shape index (κ1) is 18.9. The predicted octanol–water partition coefficient (Wildman–Crippen LogP) is 2.86. The first-order chi connectivity index (χ1) is 13.2. The van der Waals surface area contributed by atoms with Crippen LogP contribution in [0.25, 0.3) is 0 Å². The predicted molar refractivity (Wildman–Crippen MR) is 109 cm³/mol. The van der Waals surface area contributed by atoms with Crippen molar-refractivity contribution in [2.45, 2.75) is 38.3 Å². The van der Waals surface area contributed by atoms with E-state index in [4.69, 9.17) is 9.84 Å². The summed E-state index contributed by atoms with van der Waals surface area (Å²) in [6.45, 7) is 8.06. The number of anilines is 1. The van der Waals surface area contributed by atoms with Gasteiger partial charge in [0.15, 0.2) is 0 Å². The number of benzene rings is 1. The maximum Gasteiger partial charge on any atom is 0.140 e. The summed E-state index contributed by atoms with van der Waals surface area (Å²) in [7, 11) is 0. The number of aliphatic hydroxyl groups excluding tert-OH is 1. The van der Waals surface area contributed by atoms with Crippen molar-refractivity contribution in [1.82, 2.24) is 9.88 Å². The molecule has 1 N–H and O–H groups in total. The van der Waals surface area contributed by atoms with Crippen LogP contribution in [0.15, 0.2) is 29.6 Å². The van der Waals surface area contributed by atoms with Gasteiger partial charge in [0.25, 0.3) is 0 Å². The quantitative estimate of drug-likeness (QED) is 0.855. The summed E-state index contributed by atoms with van der Waals surface area (Å²) in [5.74, 6) is 1.11. The molecule has 146 valence electrons. The molecule has 0 bridgehead atoms. The Morgan fingerprint density at radius 2 is 2.04 bits per heavy atom. The number of thiazole rings is 1. The van der Waals surface area contributed by atoms with Crippen molar-refractivity contribution >= 4 is 17.2 Å². The normalized spacial score (nSPS) is 20.3. The van der Waals surface area contributed by atoms with Gasteiger partial charge in [0.2, 0.25) is 0 Å². The van der Waals surface area contributed by atoms with Crippen LogP contribution in [0.3, 0.4) is 0 Å². The Hall–Kier alpha value is -1.47. The highest BCUT2D eigenvalue weighted by Crippen LogP contribution is 2.33. The van der Waals surface area contributed by atoms with E-state index in [1.54, 1.807) is 11.3 Å². The number of hydrogen-bond donors (Lipinski definition) is 1. The SMILES string of the molecule is Cc1nc(N2CCOC3(CCN(Cc4cccc(CCO)c4)CC3)C2)cs1. The van der Waals surface area contributed by atoms with Gasteiger partial charge in [-0.15, -0.1) is 11.3 Å². The Morgan fingerprint density at radius 3 is 2.78 bits per heavy atom. The zero-order valence-corrected chi connectivity index (χ0v) is 16.9. The molecule has 2 fully saturated rings. The first-order valence-corrected chi connectivity index (χ1v) is 10.8. The Bertz CT molecular complexity index is 755. The van der Waals surface area contributed by atoms with Crippen LogP contribution in [0.4, 0.5) is 5.82 Å². The summed E-state index contributed by atoms with van der Waals surface area (Å²) in [5, 5.41) is 12.4. The summed E-state index contributed by atoms with van der Waals surface area (Å²) < 4.78 is 6.29. The van der Waals surface area contributed by atoms with Crippen molar-refractivity contribution in [3.05, 3.63) is 45.8 Å². The number of aromatic nitrogens is 1. The maximum absolute atomic E-state index is 9.15. The van der Waals surface area contributed by atoms with Crippen LogP contribution in [0.2, 0.25) is 0 Å². The summed E-state index contributed by atoms with van der Waals surface area (Å²) >= 11 is 1.72. The van der Waals surface area contributed by atoms with Gasteiger partial charge in [-0.2, -0.15) is 0 Å². The Balaban J connectivity index is 1.34. The maximum atomic E-state index is 9.15. The van der Waals surface area contributed by atoms with Gasteiger partial charge in [-0.1, -0.05) is 24.3 Å². The number of aliphatic hydroxyl groups is 1. The van der Waals surface area contributed by atoms with Crippen LogP contribution in [-0.2, 0) is 17.7 Å². The molecule has 5 nitrogen and oxygen atoms in total. The molecule has 27 heavy (non-hydrogen) atoms. The van der Waals surface area contributed by atoms with Gasteiger partial charge in [-0.3, -0.25) is 4.90 Å². The van der Waals surface area contributed by atoms with E-state index in [1.165, 1.54) is 11.1 Å². The van der Waals surface area contributed by atoms with Crippen LogP contribution in [-0.4, -0.2) is 60.0 Å². The number of aryl methyl sites for hydroxylation is 1. The van der Waals surface area contributed by atoms with Gasteiger partial charge in [0.1, 0.15) is 5.82 Å². The van der Waals surface area contributed by atoms with Gasteiger partial charge >= 0.3 is 0 Å². The second-order valence-corrected chi connectivity index (χ2v) is 8.81. The standard InChI is InChI=1S/C21H29N3O2S/c1-17-22-20(15-27-17)24-10-12-26-21(16-24)6-8-23(9-7-21)14-19-4-2-3-18(13-19)5-11-25/h2-4,13,15,25H,5-12,14,16H2,1H3. The number of rotatable bonds is 5. The molecule has 1 spiro atoms. The molecule has 6 heteroatoms. The number of nitrogens with zero attached hydrogens (tertiary/aromatic N) is 3.